The highest BCUT2D eigenvalue weighted by Crippen LogP contribution is 2.42. The number of hydrogen-bond donors (Lipinski definition) is 1. The lowest BCUT2D eigenvalue weighted by atomic mass is 9.94. The van der Waals surface area contributed by atoms with Crippen molar-refractivity contribution < 1.29 is 28.2 Å². The average molecular weight is 291 g/mol. The summed E-state index contributed by atoms with van der Waals surface area (Å²) in [6, 6.07) is -0.759. The zero-order chi connectivity index (χ0) is 14.7. The van der Waals surface area contributed by atoms with Gasteiger partial charge in [-0.15, -0.1) is 0 Å². The van der Waals surface area contributed by atoms with Gasteiger partial charge in [-0.25, -0.2) is 13.6 Å². The van der Waals surface area contributed by atoms with E-state index in [9.17, 15) is 23.5 Å². The van der Waals surface area contributed by atoms with E-state index < -0.39 is 25.0 Å². The minimum absolute atomic E-state index is 0.0402. The summed E-state index contributed by atoms with van der Waals surface area (Å²) in [6.07, 6.45) is 0.213. The molecule has 1 amide bonds. The van der Waals surface area contributed by atoms with Crippen LogP contribution in [0.5, 0.6) is 0 Å². The van der Waals surface area contributed by atoms with E-state index >= 15 is 0 Å². The molecule has 0 aromatic heterocycles. The Morgan fingerprint density at radius 3 is 2.75 bits per heavy atom. The number of fused-ring (bicyclic) bond motifs is 1. The molecule has 2 aliphatic rings. The van der Waals surface area contributed by atoms with Crippen molar-refractivity contribution in [3.63, 3.8) is 0 Å². The van der Waals surface area contributed by atoms with Crippen molar-refractivity contribution in [1.82, 2.24) is 4.90 Å². The first-order chi connectivity index (χ1) is 9.50. The van der Waals surface area contributed by atoms with Crippen molar-refractivity contribution in [2.45, 2.75) is 38.2 Å². The first-order valence-electron chi connectivity index (χ1n) is 6.89. The van der Waals surface area contributed by atoms with Gasteiger partial charge in [-0.05, 0) is 24.7 Å². The molecule has 0 radical (unpaired) electrons. The van der Waals surface area contributed by atoms with Crippen molar-refractivity contribution >= 4 is 11.9 Å². The van der Waals surface area contributed by atoms with E-state index in [1.165, 1.54) is 4.90 Å². The molecular formula is C13H19F2NO4. The van der Waals surface area contributed by atoms with Crippen molar-refractivity contribution in [1.29, 1.82) is 0 Å². The maximum Gasteiger partial charge on any atom is 0.326 e. The van der Waals surface area contributed by atoms with Crippen molar-refractivity contribution in [2.24, 2.45) is 11.8 Å². The van der Waals surface area contributed by atoms with Crippen LogP contribution in [0.3, 0.4) is 0 Å². The van der Waals surface area contributed by atoms with E-state index in [0.717, 1.165) is 19.3 Å². The van der Waals surface area contributed by atoms with Gasteiger partial charge in [0.25, 0.3) is 6.43 Å². The molecule has 0 bridgehead atoms. The Bertz CT molecular complexity index is 377. The molecule has 0 aromatic rings. The molecule has 3 unspecified atom stereocenters. The number of carboxylic acids is 1. The predicted molar refractivity (Wildman–Crippen MR) is 65.4 cm³/mol. The molecule has 3 atom stereocenters. The first kappa shape index (κ1) is 15.2. The van der Waals surface area contributed by atoms with Gasteiger partial charge < -0.3 is 14.7 Å². The van der Waals surface area contributed by atoms with E-state index in [4.69, 9.17) is 0 Å². The number of carbonyl (C=O) groups is 2. The Morgan fingerprint density at radius 1 is 1.35 bits per heavy atom. The summed E-state index contributed by atoms with van der Waals surface area (Å²) in [5.74, 6) is -0.984. The highest BCUT2D eigenvalue weighted by Gasteiger charge is 2.49. The number of carbonyl (C=O) groups excluding carboxylic acids is 1. The summed E-state index contributed by atoms with van der Waals surface area (Å²) in [6.45, 7) is -0.322. The molecule has 7 heteroatoms. The quantitative estimate of drug-likeness (QED) is 0.751. The fraction of sp³-hybridized carbons (Fsp3) is 0.846. The van der Waals surface area contributed by atoms with Crippen LogP contribution in [0, 0.1) is 11.8 Å². The highest BCUT2D eigenvalue weighted by atomic mass is 19.3. The summed E-state index contributed by atoms with van der Waals surface area (Å²) < 4.78 is 28.4. The molecule has 1 N–H and O–H groups in total. The number of nitrogens with zero attached hydrogens (tertiary/aromatic N) is 1. The first-order valence-corrected chi connectivity index (χ1v) is 6.89. The summed E-state index contributed by atoms with van der Waals surface area (Å²) >= 11 is 0. The summed E-state index contributed by atoms with van der Waals surface area (Å²) in [5, 5.41) is 9.30. The zero-order valence-corrected chi connectivity index (χ0v) is 11.1. The van der Waals surface area contributed by atoms with Crippen LogP contribution in [-0.2, 0) is 14.3 Å². The third-order valence-corrected chi connectivity index (χ3v) is 4.17. The minimum Gasteiger partial charge on any atom is -0.480 e. The fourth-order valence-corrected chi connectivity index (χ4v) is 3.35. The lowest BCUT2D eigenvalue weighted by molar-refractivity contribution is -0.150. The number of carboxylic acid groups (broad SMARTS) is 1. The monoisotopic (exact) mass is 291 g/mol. The second-order valence-corrected chi connectivity index (χ2v) is 5.40. The third kappa shape index (κ3) is 3.26. The highest BCUT2D eigenvalue weighted by molar-refractivity contribution is 5.84. The third-order valence-electron chi connectivity index (χ3n) is 4.17. The summed E-state index contributed by atoms with van der Waals surface area (Å²) in [7, 11) is 0. The van der Waals surface area contributed by atoms with E-state index in [-0.39, 0.29) is 30.8 Å². The summed E-state index contributed by atoms with van der Waals surface area (Å²) in [4.78, 5) is 24.8. The van der Waals surface area contributed by atoms with E-state index in [2.05, 4.69) is 4.74 Å². The molecule has 1 saturated carbocycles. The largest absolute Gasteiger partial charge is 0.480 e. The van der Waals surface area contributed by atoms with Gasteiger partial charge in [-0.3, -0.25) is 4.79 Å². The number of ether oxygens (including phenoxy) is 1. The molecule has 1 aliphatic carbocycles. The number of hydrogen-bond acceptors (Lipinski definition) is 3. The molecule has 20 heavy (non-hydrogen) atoms. The molecule has 114 valence electrons. The van der Waals surface area contributed by atoms with Gasteiger partial charge in [0.15, 0.2) is 0 Å². The molecule has 1 heterocycles. The van der Waals surface area contributed by atoms with Crippen LogP contribution in [0.15, 0.2) is 0 Å². The topological polar surface area (TPSA) is 66.8 Å². The Morgan fingerprint density at radius 2 is 2.10 bits per heavy atom. The number of halogens is 2. The lowest BCUT2D eigenvalue weighted by Gasteiger charge is -2.24. The maximum absolute atomic E-state index is 12.0. The van der Waals surface area contributed by atoms with Crippen LogP contribution in [0.25, 0.3) is 0 Å². The second-order valence-electron chi connectivity index (χ2n) is 5.40. The van der Waals surface area contributed by atoms with Crippen LogP contribution in [0.2, 0.25) is 0 Å². The second kappa shape index (κ2) is 6.47. The molecule has 0 spiro atoms. The molecule has 5 nitrogen and oxygen atoms in total. The molecule has 2 fully saturated rings. The Labute approximate surface area is 115 Å². The number of alkyl halides is 2. The SMILES string of the molecule is O=C(O)C1C2CCCC2CN1C(=O)CCOCC(F)F. The molecule has 2 rings (SSSR count). The van der Waals surface area contributed by atoms with Crippen LogP contribution < -0.4 is 0 Å². The number of likely N-dealkylation sites (tertiary alicyclic amines) is 1. The standard InChI is InChI=1S/C13H19F2NO4/c14-10(15)7-20-5-4-11(17)16-6-8-2-1-3-9(8)12(16)13(18)19/h8-10,12H,1-7H2,(H,18,19). The van der Waals surface area contributed by atoms with Crippen LogP contribution in [0.4, 0.5) is 8.78 Å². The molecular weight excluding hydrogens is 272 g/mol. The molecule has 0 aromatic carbocycles. The van der Waals surface area contributed by atoms with Gasteiger partial charge >= 0.3 is 5.97 Å². The number of amides is 1. The number of rotatable bonds is 6. The molecule has 1 aliphatic heterocycles. The van der Waals surface area contributed by atoms with Crippen LogP contribution >= 0.6 is 0 Å². The van der Waals surface area contributed by atoms with Crippen molar-refractivity contribution in [3.05, 3.63) is 0 Å². The smallest absolute Gasteiger partial charge is 0.326 e. The minimum atomic E-state index is -2.55. The van der Waals surface area contributed by atoms with E-state index in [1.807, 2.05) is 0 Å². The van der Waals surface area contributed by atoms with Crippen molar-refractivity contribution in [3.8, 4) is 0 Å². The van der Waals surface area contributed by atoms with Crippen LogP contribution in [-0.4, -0.2) is 54.1 Å². The van der Waals surface area contributed by atoms with Crippen molar-refractivity contribution in [2.75, 3.05) is 19.8 Å². The van der Waals surface area contributed by atoms with Gasteiger partial charge in [0.2, 0.25) is 5.91 Å². The lowest BCUT2D eigenvalue weighted by Crippen LogP contribution is -2.43. The average Bonchev–Trinajstić information content (AvgIpc) is 2.92. The Kier molecular flexibility index (Phi) is 4.91. The zero-order valence-electron chi connectivity index (χ0n) is 11.1. The maximum atomic E-state index is 12.0. The van der Waals surface area contributed by atoms with Gasteiger partial charge in [0, 0.05) is 6.54 Å². The van der Waals surface area contributed by atoms with E-state index in [0.29, 0.717) is 6.54 Å². The van der Waals surface area contributed by atoms with Gasteiger partial charge in [0.05, 0.1) is 13.0 Å². The van der Waals surface area contributed by atoms with Crippen LogP contribution in [0.1, 0.15) is 25.7 Å². The fourth-order valence-electron chi connectivity index (χ4n) is 3.35. The van der Waals surface area contributed by atoms with Gasteiger partial charge in [-0.2, -0.15) is 0 Å². The van der Waals surface area contributed by atoms with Gasteiger partial charge in [0.1, 0.15) is 12.6 Å². The normalized spacial score (nSPS) is 28.9. The summed E-state index contributed by atoms with van der Waals surface area (Å²) in [5.41, 5.74) is 0. The Hall–Kier alpha value is -1.24. The Balaban J connectivity index is 1.87. The molecule has 1 saturated heterocycles. The predicted octanol–water partition coefficient (Wildman–Crippen LogP) is 1.37. The number of aliphatic carboxylic acids is 1. The van der Waals surface area contributed by atoms with Gasteiger partial charge in [-0.1, -0.05) is 6.42 Å². The van der Waals surface area contributed by atoms with E-state index in [1.54, 1.807) is 0 Å².